The van der Waals surface area contributed by atoms with E-state index in [1.165, 1.54) is 11.3 Å². The number of carboxylic acid groups (broad SMARTS) is 1. The lowest BCUT2D eigenvalue weighted by atomic mass is 9.68. The molecule has 2 aliphatic carbocycles. The van der Waals surface area contributed by atoms with Crippen LogP contribution in [0.2, 0.25) is 0 Å². The predicted octanol–water partition coefficient (Wildman–Crippen LogP) is 3.11. The Bertz CT molecular complexity index is 1280. The smallest absolute Gasteiger partial charge is 0.326 e. The van der Waals surface area contributed by atoms with E-state index in [0.717, 1.165) is 26.8 Å². The number of thiazole rings is 1. The maximum Gasteiger partial charge on any atom is 0.326 e. The number of thioether (sulfide) groups is 1. The van der Waals surface area contributed by atoms with Gasteiger partial charge in [0.1, 0.15) is 11.8 Å². The topological polar surface area (TPSA) is 128 Å². The molecule has 8 atom stereocenters. The number of hydrogen-bond donors (Lipinski definition) is 3. The highest BCUT2D eigenvalue weighted by molar-refractivity contribution is 8.00. The third-order valence-electron chi connectivity index (χ3n) is 8.30. The Hall–Kier alpha value is -2.59. The van der Waals surface area contributed by atoms with Crippen LogP contribution in [0.3, 0.4) is 0 Å². The van der Waals surface area contributed by atoms with Crippen molar-refractivity contribution in [2.45, 2.75) is 48.9 Å². The highest BCUT2D eigenvalue weighted by Gasteiger charge is 2.70. The summed E-state index contributed by atoms with van der Waals surface area (Å²) in [5.74, 6) is -2.86. The fourth-order valence-electron chi connectivity index (χ4n) is 7.17. The summed E-state index contributed by atoms with van der Waals surface area (Å²) in [5, 5.41) is 20.6. The molecule has 0 radical (unpaired) electrons. The van der Waals surface area contributed by atoms with Gasteiger partial charge in [0.05, 0.1) is 16.9 Å². The SMILES string of the molecule is CC(C)C[C@H](C(=O)O)N1C(=O)[C@@H]2[C@@H]3C[C@H]([C@H]4Sc5[nH]c(=O)sc5[C@@H](c5ccc(O)cc5)[C@H]34)[C@@H]2C1=O. The Morgan fingerprint density at radius 1 is 1.11 bits per heavy atom. The molecule has 2 bridgehead atoms. The number of carboxylic acids is 1. The zero-order valence-electron chi connectivity index (χ0n) is 19.2. The molecule has 2 saturated carbocycles. The number of nitrogens with zero attached hydrogens (tertiary/aromatic N) is 1. The van der Waals surface area contributed by atoms with Gasteiger partial charge in [-0.2, -0.15) is 0 Å². The highest BCUT2D eigenvalue weighted by Crippen LogP contribution is 2.68. The number of carbonyl (C=O) groups is 3. The fourth-order valence-corrected chi connectivity index (χ4v) is 10.1. The van der Waals surface area contributed by atoms with E-state index < -0.39 is 23.8 Å². The average molecular weight is 515 g/mol. The van der Waals surface area contributed by atoms with Crippen LogP contribution in [-0.4, -0.2) is 49.2 Å². The molecular weight excluding hydrogens is 488 g/mol. The minimum absolute atomic E-state index is 0.0266. The number of imide groups is 1. The van der Waals surface area contributed by atoms with Crippen molar-refractivity contribution >= 4 is 40.9 Å². The van der Waals surface area contributed by atoms with E-state index in [1.807, 2.05) is 26.0 Å². The van der Waals surface area contributed by atoms with Crippen LogP contribution in [-0.2, 0) is 14.4 Å². The maximum absolute atomic E-state index is 13.7. The first-order valence-electron chi connectivity index (χ1n) is 12.0. The zero-order chi connectivity index (χ0) is 24.8. The van der Waals surface area contributed by atoms with Crippen molar-refractivity contribution in [2.24, 2.45) is 35.5 Å². The monoisotopic (exact) mass is 514 g/mol. The van der Waals surface area contributed by atoms with Crippen LogP contribution in [0.5, 0.6) is 5.75 Å². The van der Waals surface area contributed by atoms with Crippen molar-refractivity contribution < 1.29 is 24.6 Å². The second kappa shape index (κ2) is 7.96. The van der Waals surface area contributed by atoms with Crippen LogP contribution < -0.4 is 4.87 Å². The van der Waals surface area contributed by atoms with Gasteiger partial charge in [-0.3, -0.25) is 19.3 Å². The summed E-state index contributed by atoms with van der Waals surface area (Å²) in [6, 6.07) is 5.85. The van der Waals surface area contributed by atoms with Crippen LogP contribution in [0, 0.1) is 35.5 Å². The Labute approximate surface area is 209 Å². The highest BCUT2D eigenvalue weighted by atomic mass is 32.2. The number of aromatic hydroxyl groups is 1. The van der Waals surface area contributed by atoms with E-state index in [2.05, 4.69) is 4.98 Å². The number of nitrogens with one attached hydrogen (secondary N) is 1. The number of hydrogen-bond acceptors (Lipinski definition) is 7. The van der Waals surface area contributed by atoms with Gasteiger partial charge in [0.15, 0.2) is 0 Å². The van der Waals surface area contributed by atoms with Crippen molar-refractivity contribution in [3.63, 3.8) is 0 Å². The number of carbonyl (C=O) groups excluding carboxylic acids is 2. The lowest BCUT2D eigenvalue weighted by Crippen LogP contribution is -2.47. The van der Waals surface area contributed by atoms with Gasteiger partial charge in [-0.15, -0.1) is 11.8 Å². The molecule has 2 aliphatic heterocycles. The van der Waals surface area contributed by atoms with Crippen LogP contribution in [0.1, 0.15) is 43.0 Å². The van der Waals surface area contributed by atoms with E-state index in [4.69, 9.17) is 0 Å². The summed E-state index contributed by atoms with van der Waals surface area (Å²) in [6.07, 6.45) is 0.983. The molecule has 6 rings (SSSR count). The van der Waals surface area contributed by atoms with Gasteiger partial charge >= 0.3 is 10.8 Å². The standard InChI is InChI=1S/C25H26N2O6S2/c1-9(2)7-14(24(31)32)27-22(29)17-12-8-13(18(17)23(27)30)19-16(12)15(10-3-5-11(28)6-4-10)20-21(34-19)26-25(33)35-20/h3-6,9,12-19,28H,7-8H2,1-2H3,(H,26,33)(H,31,32)/t12-,13+,14-,15+,16+,17-,18+,19-/m1/s1. The van der Waals surface area contributed by atoms with Gasteiger partial charge in [0.2, 0.25) is 11.8 Å². The number of H-pyrrole nitrogens is 1. The van der Waals surface area contributed by atoms with Crippen molar-refractivity contribution in [1.82, 2.24) is 9.88 Å². The van der Waals surface area contributed by atoms with Crippen molar-refractivity contribution in [2.75, 3.05) is 0 Å². The normalized spacial score (nSPS) is 33.7. The number of aromatic amines is 1. The largest absolute Gasteiger partial charge is 0.508 e. The molecule has 184 valence electrons. The van der Waals surface area contributed by atoms with Crippen molar-refractivity contribution in [1.29, 1.82) is 0 Å². The molecule has 8 nitrogen and oxygen atoms in total. The van der Waals surface area contributed by atoms with E-state index in [1.54, 1.807) is 23.9 Å². The van der Waals surface area contributed by atoms with E-state index in [0.29, 0.717) is 0 Å². The molecule has 10 heteroatoms. The minimum Gasteiger partial charge on any atom is -0.508 e. The first-order chi connectivity index (χ1) is 16.7. The Morgan fingerprint density at radius 3 is 2.40 bits per heavy atom. The van der Waals surface area contributed by atoms with Crippen molar-refractivity contribution in [3.05, 3.63) is 44.4 Å². The molecule has 0 unspecified atom stereocenters. The fraction of sp³-hybridized carbons (Fsp3) is 0.520. The number of aliphatic carboxylic acids is 1. The zero-order valence-corrected chi connectivity index (χ0v) is 20.8. The molecule has 1 aromatic heterocycles. The molecule has 3 fully saturated rings. The number of phenols is 1. The molecule has 3 N–H and O–H groups in total. The number of amides is 2. The van der Waals surface area contributed by atoms with Gasteiger partial charge in [0.25, 0.3) is 0 Å². The minimum atomic E-state index is -1.14. The molecule has 1 aromatic carbocycles. The Kier molecular flexibility index (Phi) is 5.20. The lowest BCUT2D eigenvalue weighted by Gasteiger charge is -2.43. The Morgan fingerprint density at radius 2 is 1.77 bits per heavy atom. The summed E-state index contributed by atoms with van der Waals surface area (Å²) >= 11 is 2.78. The van der Waals surface area contributed by atoms with Crippen LogP contribution in [0.25, 0.3) is 0 Å². The molecule has 3 heterocycles. The van der Waals surface area contributed by atoms with E-state index in [9.17, 15) is 29.4 Å². The predicted molar refractivity (Wildman–Crippen MR) is 129 cm³/mol. The first kappa shape index (κ1) is 22.8. The number of rotatable bonds is 5. The van der Waals surface area contributed by atoms with Crippen LogP contribution in [0.4, 0.5) is 0 Å². The van der Waals surface area contributed by atoms with Crippen LogP contribution >= 0.6 is 23.1 Å². The van der Waals surface area contributed by atoms with Gasteiger partial charge in [0, 0.05) is 16.0 Å². The number of phenolic OH excluding ortho intramolecular Hbond substituents is 1. The third-order valence-corrected chi connectivity index (χ3v) is 10.9. The molecule has 0 spiro atoms. The number of likely N-dealkylation sites (tertiary alicyclic amines) is 1. The molecule has 4 aliphatic rings. The van der Waals surface area contributed by atoms with Gasteiger partial charge in [-0.25, -0.2) is 4.79 Å². The second-order valence-electron chi connectivity index (χ2n) is 10.6. The maximum atomic E-state index is 13.7. The Balaban J connectivity index is 1.42. The van der Waals surface area contributed by atoms with Gasteiger partial charge < -0.3 is 15.2 Å². The molecule has 2 amide bonds. The van der Waals surface area contributed by atoms with E-state index in [-0.39, 0.29) is 63.7 Å². The van der Waals surface area contributed by atoms with E-state index >= 15 is 0 Å². The second-order valence-corrected chi connectivity index (χ2v) is 12.8. The van der Waals surface area contributed by atoms with Crippen LogP contribution in [0.15, 0.2) is 34.1 Å². The third kappa shape index (κ3) is 3.25. The summed E-state index contributed by atoms with van der Waals surface area (Å²) < 4.78 is 0. The summed E-state index contributed by atoms with van der Waals surface area (Å²) in [7, 11) is 0. The number of aromatic nitrogens is 1. The summed E-state index contributed by atoms with van der Waals surface area (Å²) in [5.41, 5.74) is 0.968. The quantitative estimate of drug-likeness (QED) is 0.523. The number of benzene rings is 1. The summed E-state index contributed by atoms with van der Waals surface area (Å²) in [4.78, 5) is 56.4. The summed E-state index contributed by atoms with van der Waals surface area (Å²) in [6.45, 7) is 3.77. The first-order valence-corrected chi connectivity index (χ1v) is 13.6. The molecular formula is C25H26N2O6S2. The number of fused-ring (bicyclic) bond motifs is 9. The van der Waals surface area contributed by atoms with Gasteiger partial charge in [-0.1, -0.05) is 37.3 Å². The van der Waals surface area contributed by atoms with Gasteiger partial charge in [-0.05, 0) is 54.2 Å². The molecule has 35 heavy (non-hydrogen) atoms. The molecule has 1 saturated heterocycles. The van der Waals surface area contributed by atoms with Crippen molar-refractivity contribution in [3.8, 4) is 5.75 Å². The lowest BCUT2D eigenvalue weighted by molar-refractivity contribution is -0.156. The molecule has 2 aromatic rings. The average Bonchev–Trinajstić information content (AvgIpc) is 3.52.